The molecule has 0 radical (unpaired) electrons. The van der Waals surface area contributed by atoms with Crippen LogP contribution in [0.1, 0.15) is 37.9 Å². The van der Waals surface area contributed by atoms with Crippen LogP contribution in [-0.2, 0) is 13.1 Å². The fourth-order valence-corrected chi connectivity index (χ4v) is 2.63. The lowest BCUT2D eigenvalue weighted by molar-refractivity contribution is 0.416. The summed E-state index contributed by atoms with van der Waals surface area (Å²) in [7, 11) is 0. The van der Waals surface area contributed by atoms with Crippen molar-refractivity contribution in [2.75, 3.05) is 0 Å². The summed E-state index contributed by atoms with van der Waals surface area (Å²) in [6, 6.07) is 4.96. The molecule has 1 aromatic carbocycles. The summed E-state index contributed by atoms with van der Waals surface area (Å²) < 4.78 is 16.4. The van der Waals surface area contributed by atoms with Crippen molar-refractivity contribution in [3.63, 3.8) is 0 Å². The third kappa shape index (κ3) is 4.64. The van der Waals surface area contributed by atoms with E-state index in [1.54, 1.807) is 6.07 Å². The van der Waals surface area contributed by atoms with Gasteiger partial charge in [-0.2, -0.15) is 0 Å². The highest BCUT2D eigenvalue weighted by Crippen LogP contribution is 2.17. The molecule has 0 amide bonds. The number of aromatic nitrogens is 2. The molecule has 3 nitrogen and oxygen atoms in total. The van der Waals surface area contributed by atoms with Crippen LogP contribution in [-0.4, -0.2) is 15.1 Å². The Kier molecular flexibility index (Phi) is 4.84. The van der Waals surface area contributed by atoms with Crippen molar-refractivity contribution in [1.82, 2.24) is 14.9 Å². The Morgan fingerprint density at radius 2 is 2.00 bits per heavy atom. The summed E-state index contributed by atoms with van der Waals surface area (Å²) in [4.78, 5) is 4.38. The van der Waals surface area contributed by atoms with Crippen LogP contribution in [0.2, 0.25) is 0 Å². The number of halogens is 2. The van der Waals surface area contributed by atoms with Crippen molar-refractivity contribution in [3.8, 4) is 0 Å². The monoisotopic (exact) mass is 353 g/mol. The molecule has 0 bridgehead atoms. The molecule has 2 aromatic rings. The molecule has 114 valence electrons. The van der Waals surface area contributed by atoms with Gasteiger partial charge in [-0.25, -0.2) is 9.37 Å². The van der Waals surface area contributed by atoms with Gasteiger partial charge in [0.05, 0.1) is 5.69 Å². The molecule has 1 aromatic heterocycles. The molecule has 0 aliphatic heterocycles. The molecule has 0 aliphatic carbocycles. The summed E-state index contributed by atoms with van der Waals surface area (Å²) in [5.74, 6) is 0.701. The quantitative estimate of drug-likeness (QED) is 0.899. The normalized spacial score (nSPS) is 11.9. The number of nitrogens with one attached hydrogen (secondary N) is 1. The van der Waals surface area contributed by atoms with Crippen molar-refractivity contribution in [2.45, 2.75) is 46.3 Å². The van der Waals surface area contributed by atoms with Crippen LogP contribution in [0.5, 0.6) is 0 Å². The van der Waals surface area contributed by atoms with E-state index in [9.17, 15) is 4.39 Å². The Labute approximate surface area is 133 Å². The number of rotatable bonds is 4. The molecule has 0 spiro atoms. The van der Waals surface area contributed by atoms with E-state index >= 15 is 0 Å². The lowest BCUT2D eigenvalue weighted by Crippen LogP contribution is -2.35. The second-order valence-electron chi connectivity index (χ2n) is 6.26. The zero-order valence-corrected chi connectivity index (χ0v) is 14.5. The van der Waals surface area contributed by atoms with E-state index in [1.165, 1.54) is 6.07 Å². The highest BCUT2D eigenvalue weighted by Gasteiger charge is 2.13. The third-order valence-corrected chi connectivity index (χ3v) is 3.66. The van der Waals surface area contributed by atoms with Crippen LogP contribution in [0.25, 0.3) is 0 Å². The summed E-state index contributed by atoms with van der Waals surface area (Å²) in [6.07, 6.45) is 1.88. The Balaban J connectivity index is 2.21. The van der Waals surface area contributed by atoms with Gasteiger partial charge in [-0.15, -0.1) is 0 Å². The van der Waals surface area contributed by atoms with Crippen molar-refractivity contribution >= 4 is 15.9 Å². The second-order valence-corrected chi connectivity index (χ2v) is 7.18. The van der Waals surface area contributed by atoms with Crippen LogP contribution in [0.3, 0.4) is 0 Å². The van der Waals surface area contributed by atoms with Crippen LogP contribution in [0.4, 0.5) is 4.39 Å². The first-order chi connectivity index (χ1) is 9.74. The summed E-state index contributed by atoms with van der Waals surface area (Å²) in [5.41, 5.74) is 2.06. The first-order valence-electron chi connectivity index (χ1n) is 6.95. The maximum atomic E-state index is 13.5. The van der Waals surface area contributed by atoms with Crippen molar-refractivity contribution in [1.29, 1.82) is 0 Å². The number of aryl methyl sites for hydroxylation is 1. The summed E-state index contributed by atoms with van der Waals surface area (Å²) >= 11 is 3.33. The average Bonchev–Trinajstić information content (AvgIpc) is 2.66. The molecule has 21 heavy (non-hydrogen) atoms. The van der Waals surface area contributed by atoms with Gasteiger partial charge in [-0.1, -0.05) is 15.9 Å². The smallest absolute Gasteiger partial charge is 0.124 e. The van der Waals surface area contributed by atoms with E-state index in [0.29, 0.717) is 6.54 Å². The molecule has 0 saturated carbocycles. The number of hydrogen-bond acceptors (Lipinski definition) is 2. The number of benzene rings is 1. The van der Waals surface area contributed by atoms with Gasteiger partial charge in [-0.3, -0.25) is 0 Å². The van der Waals surface area contributed by atoms with Crippen LogP contribution in [0.15, 0.2) is 28.9 Å². The maximum absolute atomic E-state index is 13.5. The van der Waals surface area contributed by atoms with Gasteiger partial charge in [-0.05, 0) is 51.5 Å². The zero-order valence-electron chi connectivity index (χ0n) is 12.9. The molecule has 2 rings (SSSR count). The number of hydrogen-bond donors (Lipinski definition) is 1. The Morgan fingerprint density at radius 1 is 1.29 bits per heavy atom. The Bertz CT molecular complexity index is 609. The number of nitrogens with zero attached hydrogens (tertiary/aromatic N) is 2. The summed E-state index contributed by atoms with van der Waals surface area (Å²) in [5, 5.41) is 3.46. The van der Waals surface area contributed by atoms with Gasteiger partial charge in [0.15, 0.2) is 0 Å². The van der Waals surface area contributed by atoms with E-state index in [4.69, 9.17) is 0 Å². The molecule has 0 saturated heterocycles. The fourth-order valence-electron chi connectivity index (χ4n) is 2.11. The molecule has 5 heteroatoms. The van der Waals surface area contributed by atoms with E-state index in [0.717, 1.165) is 28.1 Å². The largest absolute Gasteiger partial charge is 0.327 e. The van der Waals surface area contributed by atoms with Gasteiger partial charge in [0.2, 0.25) is 0 Å². The predicted octanol–water partition coefficient (Wildman–Crippen LogP) is 4.03. The van der Waals surface area contributed by atoms with Gasteiger partial charge in [0.1, 0.15) is 11.6 Å². The van der Waals surface area contributed by atoms with Gasteiger partial charge in [0, 0.05) is 29.3 Å². The van der Waals surface area contributed by atoms with Crippen molar-refractivity contribution in [3.05, 3.63) is 51.8 Å². The standard InChI is InChI=1S/C16H21BrFN3/c1-11-19-8-15(9-20-16(2,3)4)21(11)10-12-5-13(17)7-14(18)6-12/h5-8,20H,9-10H2,1-4H3. The predicted molar refractivity (Wildman–Crippen MR) is 86.8 cm³/mol. The minimum Gasteiger partial charge on any atom is -0.327 e. The van der Waals surface area contributed by atoms with E-state index in [1.807, 2.05) is 19.2 Å². The third-order valence-electron chi connectivity index (χ3n) is 3.20. The molecule has 0 atom stereocenters. The van der Waals surface area contributed by atoms with E-state index < -0.39 is 0 Å². The lowest BCUT2D eigenvalue weighted by Gasteiger charge is -2.21. The fraction of sp³-hybridized carbons (Fsp3) is 0.438. The van der Waals surface area contributed by atoms with Gasteiger partial charge >= 0.3 is 0 Å². The lowest BCUT2D eigenvalue weighted by atomic mass is 10.1. The number of imidazole rings is 1. The minimum absolute atomic E-state index is 0.0465. The average molecular weight is 354 g/mol. The molecular formula is C16H21BrFN3. The van der Waals surface area contributed by atoms with E-state index in [-0.39, 0.29) is 11.4 Å². The second kappa shape index (κ2) is 6.28. The molecule has 0 unspecified atom stereocenters. The maximum Gasteiger partial charge on any atom is 0.124 e. The first-order valence-corrected chi connectivity index (χ1v) is 7.75. The molecule has 1 heterocycles. The topological polar surface area (TPSA) is 29.9 Å². The van der Waals surface area contributed by atoms with E-state index in [2.05, 4.69) is 51.6 Å². The van der Waals surface area contributed by atoms with Crippen LogP contribution < -0.4 is 5.32 Å². The van der Waals surface area contributed by atoms with Gasteiger partial charge in [0.25, 0.3) is 0 Å². The Hall–Kier alpha value is -1.20. The highest BCUT2D eigenvalue weighted by molar-refractivity contribution is 9.10. The molecule has 0 fully saturated rings. The van der Waals surface area contributed by atoms with Crippen LogP contribution in [0, 0.1) is 12.7 Å². The summed E-state index contributed by atoms with van der Waals surface area (Å²) in [6.45, 7) is 9.71. The highest BCUT2D eigenvalue weighted by atomic mass is 79.9. The SMILES string of the molecule is Cc1ncc(CNC(C)(C)C)n1Cc1cc(F)cc(Br)c1. The minimum atomic E-state index is -0.230. The molecular weight excluding hydrogens is 333 g/mol. The van der Waals surface area contributed by atoms with Crippen LogP contribution >= 0.6 is 15.9 Å². The molecule has 0 aliphatic rings. The first kappa shape index (κ1) is 16.2. The van der Waals surface area contributed by atoms with Crippen molar-refractivity contribution in [2.24, 2.45) is 0 Å². The zero-order chi connectivity index (χ0) is 15.6. The van der Waals surface area contributed by atoms with Gasteiger partial charge < -0.3 is 9.88 Å². The molecule has 1 N–H and O–H groups in total. The van der Waals surface area contributed by atoms with Crippen molar-refractivity contribution < 1.29 is 4.39 Å². The Morgan fingerprint density at radius 3 is 2.62 bits per heavy atom.